The van der Waals surface area contributed by atoms with Gasteiger partial charge < -0.3 is 5.32 Å². The zero-order chi connectivity index (χ0) is 15.7. The van der Waals surface area contributed by atoms with E-state index in [9.17, 15) is 8.42 Å². The van der Waals surface area contributed by atoms with Gasteiger partial charge in [-0.05, 0) is 44.5 Å². The highest BCUT2D eigenvalue weighted by Crippen LogP contribution is 2.26. The number of nitrogens with one attached hydrogen (secondary N) is 1. The van der Waals surface area contributed by atoms with Crippen LogP contribution in [0.2, 0.25) is 0 Å². The summed E-state index contributed by atoms with van der Waals surface area (Å²) in [4.78, 5) is 4.67. The van der Waals surface area contributed by atoms with Gasteiger partial charge in [0.05, 0.1) is 5.52 Å². The van der Waals surface area contributed by atoms with E-state index in [-0.39, 0.29) is 0 Å². The molecule has 3 rings (SSSR count). The maximum atomic E-state index is 12.9. The molecule has 1 aliphatic heterocycles. The molecule has 0 bridgehead atoms. The van der Waals surface area contributed by atoms with Crippen LogP contribution in [0.4, 0.5) is 0 Å². The standard InChI is InChI=1S/C16H21N3O2S/c1-12-10-13-4-3-5-15(16(13)18-11-12)22(20,21)19-8-6-14(17-2)7-9-19/h3-5,10-11,14,17H,6-9H2,1-2H3. The third-order valence-electron chi connectivity index (χ3n) is 4.29. The molecule has 0 spiro atoms. The fraction of sp³-hybridized carbons (Fsp3) is 0.438. The molecule has 0 unspecified atom stereocenters. The lowest BCUT2D eigenvalue weighted by atomic mass is 10.1. The number of aromatic nitrogens is 1. The normalized spacial score (nSPS) is 17.9. The summed E-state index contributed by atoms with van der Waals surface area (Å²) in [6.07, 6.45) is 3.40. The average Bonchev–Trinajstić information content (AvgIpc) is 2.54. The molecule has 118 valence electrons. The Hall–Kier alpha value is -1.50. The van der Waals surface area contributed by atoms with Crippen molar-refractivity contribution in [1.82, 2.24) is 14.6 Å². The van der Waals surface area contributed by atoms with Gasteiger partial charge in [-0.15, -0.1) is 0 Å². The number of para-hydroxylation sites is 1. The summed E-state index contributed by atoms with van der Waals surface area (Å²) in [5.74, 6) is 0. The molecule has 0 aliphatic carbocycles. The SMILES string of the molecule is CNC1CCN(S(=O)(=O)c2cccc3cc(C)cnc23)CC1. The van der Waals surface area contributed by atoms with E-state index in [1.807, 2.05) is 26.1 Å². The Labute approximate surface area is 131 Å². The van der Waals surface area contributed by atoms with E-state index >= 15 is 0 Å². The van der Waals surface area contributed by atoms with Gasteiger partial charge in [0.2, 0.25) is 10.0 Å². The van der Waals surface area contributed by atoms with Gasteiger partial charge in [-0.2, -0.15) is 4.31 Å². The van der Waals surface area contributed by atoms with Crippen molar-refractivity contribution in [1.29, 1.82) is 0 Å². The number of pyridine rings is 1. The zero-order valence-electron chi connectivity index (χ0n) is 12.9. The Kier molecular flexibility index (Phi) is 4.16. The molecule has 0 saturated carbocycles. The lowest BCUT2D eigenvalue weighted by Gasteiger charge is -2.31. The minimum atomic E-state index is -3.49. The third kappa shape index (κ3) is 2.74. The Bertz CT molecular complexity index is 781. The Balaban J connectivity index is 1.99. The van der Waals surface area contributed by atoms with Gasteiger partial charge in [-0.1, -0.05) is 12.1 Å². The molecule has 6 heteroatoms. The average molecular weight is 319 g/mol. The second kappa shape index (κ2) is 5.95. The van der Waals surface area contributed by atoms with Gasteiger partial charge in [0.1, 0.15) is 4.90 Å². The number of piperidine rings is 1. The maximum absolute atomic E-state index is 12.9. The maximum Gasteiger partial charge on any atom is 0.245 e. The first-order chi connectivity index (χ1) is 10.5. The van der Waals surface area contributed by atoms with Crippen molar-refractivity contribution in [3.8, 4) is 0 Å². The number of benzene rings is 1. The largest absolute Gasteiger partial charge is 0.317 e. The summed E-state index contributed by atoms with van der Waals surface area (Å²) in [7, 11) is -1.57. The van der Waals surface area contributed by atoms with E-state index in [4.69, 9.17) is 0 Å². The predicted octanol–water partition coefficient (Wildman–Crippen LogP) is 1.92. The molecule has 1 N–H and O–H groups in total. The van der Waals surface area contributed by atoms with Crippen LogP contribution in [0.3, 0.4) is 0 Å². The van der Waals surface area contributed by atoms with Crippen LogP contribution in [-0.2, 0) is 10.0 Å². The molecule has 2 aromatic rings. The Morgan fingerprint density at radius 3 is 2.68 bits per heavy atom. The van der Waals surface area contributed by atoms with E-state index in [0.717, 1.165) is 23.8 Å². The fourth-order valence-electron chi connectivity index (χ4n) is 2.97. The number of nitrogens with zero attached hydrogens (tertiary/aromatic N) is 2. The second-order valence-corrected chi connectivity index (χ2v) is 7.71. The van der Waals surface area contributed by atoms with Gasteiger partial charge in [0.15, 0.2) is 0 Å². The zero-order valence-corrected chi connectivity index (χ0v) is 13.7. The lowest BCUT2D eigenvalue weighted by Crippen LogP contribution is -2.43. The van der Waals surface area contributed by atoms with Gasteiger partial charge in [-0.25, -0.2) is 8.42 Å². The highest BCUT2D eigenvalue weighted by Gasteiger charge is 2.30. The highest BCUT2D eigenvalue weighted by atomic mass is 32.2. The Morgan fingerprint density at radius 2 is 2.00 bits per heavy atom. The first kappa shape index (κ1) is 15.4. The van der Waals surface area contributed by atoms with Crippen LogP contribution in [0, 0.1) is 6.92 Å². The molecular weight excluding hydrogens is 298 g/mol. The molecule has 5 nitrogen and oxygen atoms in total. The van der Waals surface area contributed by atoms with E-state index in [2.05, 4.69) is 10.3 Å². The third-order valence-corrected chi connectivity index (χ3v) is 6.22. The van der Waals surface area contributed by atoms with Crippen molar-refractivity contribution in [2.45, 2.75) is 30.7 Å². The van der Waals surface area contributed by atoms with Gasteiger partial charge in [0.25, 0.3) is 0 Å². The Morgan fingerprint density at radius 1 is 1.27 bits per heavy atom. The fourth-order valence-corrected chi connectivity index (χ4v) is 4.61. The summed E-state index contributed by atoms with van der Waals surface area (Å²) < 4.78 is 27.5. The predicted molar refractivity (Wildman–Crippen MR) is 87.3 cm³/mol. The number of rotatable bonds is 3. The van der Waals surface area contributed by atoms with Gasteiger partial charge >= 0.3 is 0 Å². The molecule has 22 heavy (non-hydrogen) atoms. The second-order valence-electron chi connectivity index (χ2n) is 5.81. The molecule has 1 aromatic carbocycles. The molecule has 1 saturated heterocycles. The van der Waals surface area contributed by atoms with Gasteiger partial charge in [0, 0.05) is 30.7 Å². The minimum Gasteiger partial charge on any atom is -0.317 e. The van der Waals surface area contributed by atoms with E-state index in [0.29, 0.717) is 29.5 Å². The monoisotopic (exact) mass is 319 g/mol. The number of hydrogen-bond acceptors (Lipinski definition) is 4. The molecule has 0 atom stereocenters. The van der Waals surface area contributed by atoms with Crippen LogP contribution < -0.4 is 5.32 Å². The number of sulfonamides is 1. The summed E-state index contributed by atoms with van der Waals surface area (Å²) in [5, 5.41) is 4.08. The number of aryl methyl sites for hydroxylation is 1. The van der Waals surface area contributed by atoms with Crippen LogP contribution in [0.1, 0.15) is 18.4 Å². The first-order valence-corrected chi connectivity index (χ1v) is 8.99. The van der Waals surface area contributed by atoms with Crippen LogP contribution >= 0.6 is 0 Å². The lowest BCUT2D eigenvalue weighted by molar-refractivity contribution is 0.298. The van der Waals surface area contributed by atoms with Crippen molar-refractivity contribution in [2.75, 3.05) is 20.1 Å². The van der Waals surface area contributed by atoms with Crippen LogP contribution in [-0.4, -0.2) is 43.9 Å². The number of hydrogen-bond donors (Lipinski definition) is 1. The topological polar surface area (TPSA) is 62.3 Å². The molecule has 1 fully saturated rings. The van der Waals surface area contributed by atoms with Crippen LogP contribution in [0.25, 0.3) is 10.9 Å². The van der Waals surface area contributed by atoms with E-state index in [1.165, 1.54) is 0 Å². The molecule has 1 aromatic heterocycles. The highest BCUT2D eigenvalue weighted by molar-refractivity contribution is 7.89. The summed E-state index contributed by atoms with van der Waals surface area (Å²) in [6, 6.07) is 7.72. The molecule has 0 amide bonds. The van der Waals surface area contributed by atoms with Crippen molar-refractivity contribution < 1.29 is 8.42 Å². The van der Waals surface area contributed by atoms with Crippen LogP contribution in [0.5, 0.6) is 0 Å². The smallest absolute Gasteiger partial charge is 0.245 e. The molecule has 1 aliphatic rings. The van der Waals surface area contributed by atoms with E-state index in [1.54, 1.807) is 22.6 Å². The van der Waals surface area contributed by atoms with E-state index < -0.39 is 10.0 Å². The van der Waals surface area contributed by atoms with Crippen LogP contribution in [0.15, 0.2) is 35.4 Å². The summed E-state index contributed by atoms with van der Waals surface area (Å²) in [6.45, 7) is 3.06. The van der Waals surface area contributed by atoms with Gasteiger partial charge in [-0.3, -0.25) is 4.98 Å². The molecule has 2 heterocycles. The summed E-state index contributed by atoms with van der Waals surface area (Å²) >= 11 is 0. The molecule has 0 radical (unpaired) electrons. The molecular formula is C16H21N3O2S. The first-order valence-electron chi connectivity index (χ1n) is 7.55. The minimum absolute atomic E-state index is 0.313. The van der Waals surface area contributed by atoms with Crippen molar-refractivity contribution in [3.05, 3.63) is 36.0 Å². The van der Waals surface area contributed by atoms with Crippen molar-refractivity contribution >= 4 is 20.9 Å². The number of fused-ring (bicyclic) bond motifs is 1. The van der Waals surface area contributed by atoms with Crippen molar-refractivity contribution in [3.63, 3.8) is 0 Å². The summed E-state index contributed by atoms with van der Waals surface area (Å²) in [5.41, 5.74) is 1.58. The quantitative estimate of drug-likeness (QED) is 0.939. The van der Waals surface area contributed by atoms with Crippen molar-refractivity contribution in [2.24, 2.45) is 0 Å².